The molecule has 0 atom stereocenters. The summed E-state index contributed by atoms with van der Waals surface area (Å²) in [4.78, 5) is 24.3. The molecule has 0 radical (unpaired) electrons. The van der Waals surface area contributed by atoms with Crippen molar-refractivity contribution in [3.63, 3.8) is 0 Å². The predicted octanol–water partition coefficient (Wildman–Crippen LogP) is -0.687. The van der Waals surface area contributed by atoms with E-state index in [-0.39, 0.29) is 11.7 Å². The maximum atomic E-state index is 12.4. The third-order valence-electron chi connectivity index (χ3n) is 3.92. The van der Waals surface area contributed by atoms with Gasteiger partial charge in [-0.05, 0) is 19.1 Å². The van der Waals surface area contributed by atoms with Crippen LogP contribution in [0, 0.1) is 5.92 Å². The molecule has 1 aromatic rings. The summed E-state index contributed by atoms with van der Waals surface area (Å²) in [5.41, 5.74) is 0.605. The average Bonchev–Trinajstić information content (AvgIpc) is 2.48. The van der Waals surface area contributed by atoms with Crippen molar-refractivity contribution in [1.82, 2.24) is 0 Å². The summed E-state index contributed by atoms with van der Waals surface area (Å²) in [5.74, 6) is -0.670. The maximum Gasteiger partial charge on any atom is 0.220 e. The molecule has 21 heavy (non-hydrogen) atoms. The number of rotatable bonds is 6. The minimum Gasteiger partial charge on any atom is -0.550 e. The number of para-hydroxylation sites is 1. The van der Waals surface area contributed by atoms with Crippen LogP contribution in [0.4, 0.5) is 0 Å². The Morgan fingerprint density at radius 3 is 2.57 bits per heavy atom. The highest BCUT2D eigenvalue weighted by atomic mass is 16.5. The number of carbonyl (C=O) groups is 2. The van der Waals surface area contributed by atoms with Gasteiger partial charge in [0.2, 0.25) is 5.78 Å². The molecule has 1 aliphatic heterocycles. The first-order valence-corrected chi connectivity index (χ1v) is 7.41. The third kappa shape index (κ3) is 4.04. The summed E-state index contributed by atoms with van der Waals surface area (Å²) in [6.45, 7) is 4.18. The minimum atomic E-state index is -0.970. The van der Waals surface area contributed by atoms with E-state index in [9.17, 15) is 14.7 Å². The van der Waals surface area contributed by atoms with Gasteiger partial charge in [-0.3, -0.25) is 4.79 Å². The van der Waals surface area contributed by atoms with Crippen molar-refractivity contribution in [2.24, 2.45) is 5.92 Å². The monoisotopic (exact) mass is 291 g/mol. The summed E-state index contributed by atoms with van der Waals surface area (Å²) >= 11 is 0. The second-order valence-corrected chi connectivity index (χ2v) is 5.37. The van der Waals surface area contributed by atoms with E-state index in [4.69, 9.17) is 4.74 Å². The van der Waals surface area contributed by atoms with Gasteiger partial charge in [0.25, 0.3) is 0 Å². The second-order valence-electron chi connectivity index (χ2n) is 5.37. The molecule has 0 unspecified atom stereocenters. The van der Waals surface area contributed by atoms with Gasteiger partial charge >= 0.3 is 0 Å². The van der Waals surface area contributed by atoms with Crippen LogP contribution in [-0.2, 0) is 4.79 Å². The van der Waals surface area contributed by atoms with Gasteiger partial charge in [-0.25, -0.2) is 0 Å². The fourth-order valence-electron chi connectivity index (χ4n) is 2.74. The predicted molar refractivity (Wildman–Crippen MR) is 75.2 cm³/mol. The lowest BCUT2D eigenvalue weighted by atomic mass is 9.96. The largest absolute Gasteiger partial charge is 0.550 e. The maximum absolute atomic E-state index is 12.4. The molecule has 2 rings (SSSR count). The molecule has 1 heterocycles. The van der Waals surface area contributed by atoms with Gasteiger partial charge < -0.3 is 19.5 Å². The van der Waals surface area contributed by atoms with E-state index in [2.05, 4.69) is 0 Å². The molecule has 5 heteroatoms. The highest BCUT2D eigenvalue weighted by molar-refractivity contribution is 5.99. The minimum absolute atomic E-state index is 0.0425. The number of carboxylic acids is 1. The van der Waals surface area contributed by atoms with Crippen molar-refractivity contribution in [2.75, 3.05) is 26.2 Å². The number of ketones is 1. The molecule has 1 N–H and O–H groups in total. The van der Waals surface area contributed by atoms with Crippen molar-refractivity contribution >= 4 is 11.8 Å². The van der Waals surface area contributed by atoms with Gasteiger partial charge in [0, 0.05) is 24.7 Å². The van der Waals surface area contributed by atoms with Gasteiger partial charge in [0.05, 0.1) is 25.3 Å². The van der Waals surface area contributed by atoms with Crippen LogP contribution in [0.2, 0.25) is 0 Å². The Balaban J connectivity index is 1.95. The number of quaternary nitrogens is 1. The van der Waals surface area contributed by atoms with E-state index in [1.807, 2.05) is 19.1 Å². The lowest BCUT2D eigenvalue weighted by Gasteiger charge is -2.29. The van der Waals surface area contributed by atoms with Crippen LogP contribution in [0.25, 0.3) is 0 Å². The smallest absolute Gasteiger partial charge is 0.220 e. The number of nitrogens with one attached hydrogen (secondary N) is 1. The molecule has 1 aromatic carbocycles. The number of hydrogen-bond acceptors (Lipinski definition) is 4. The van der Waals surface area contributed by atoms with Gasteiger partial charge in [-0.15, -0.1) is 0 Å². The van der Waals surface area contributed by atoms with E-state index in [0.29, 0.717) is 50.4 Å². The van der Waals surface area contributed by atoms with E-state index < -0.39 is 5.97 Å². The molecular weight excluding hydrogens is 270 g/mol. The number of benzene rings is 1. The molecule has 114 valence electrons. The van der Waals surface area contributed by atoms with Gasteiger partial charge in [0.15, 0.2) is 0 Å². The fraction of sp³-hybridized carbons (Fsp3) is 0.500. The first kappa shape index (κ1) is 15.5. The molecule has 1 aliphatic rings. The van der Waals surface area contributed by atoms with Crippen molar-refractivity contribution in [2.45, 2.75) is 19.8 Å². The standard InChI is InChI=1S/C16H21NO4/c1-2-21-15-6-4-3-5-13(15)14(18)11-17-9-7-12(8-10-17)16(19)20/h3-6,12H,2,7-11H2,1H3,(H,19,20). The Morgan fingerprint density at radius 1 is 1.29 bits per heavy atom. The van der Waals surface area contributed by atoms with Crippen LogP contribution < -0.4 is 14.7 Å². The normalized spacial score (nSPS) is 21.8. The molecule has 0 spiro atoms. The Labute approximate surface area is 124 Å². The Hall–Kier alpha value is -1.88. The quantitative estimate of drug-likeness (QED) is 0.705. The van der Waals surface area contributed by atoms with Crippen LogP contribution in [0.3, 0.4) is 0 Å². The number of hydrogen-bond donors (Lipinski definition) is 1. The highest BCUT2D eigenvalue weighted by Crippen LogP contribution is 2.18. The number of likely N-dealkylation sites (tertiary alicyclic amines) is 1. The van der Waals surface area contributed by atoms with Crippen LogP contribution in [-0.4, -0.2) is 38.0 Å². The molecule has 0 bridgehead atoms. The summed E-state index contributed by atoms with van der Waals surface area (Å²) in [5, 5.41) is 10.8. The number of carboxylic acid groups (broad SMARTS) is 1. The molecule has 0 aromatic heterocycles. The summed E-state index contributed by atoms with van der Waals surface area (Å²) in [6, 6.07) is 7.25. The number of aliphatic carboxylic acids is 1. The second kappa shape index (κ2) is 7.22. The summed E-state index contributed by atoms with van der Waals surface area (Å²) < 4.78 is 5.48. The lowest BCUT2D eigenvalue weighted by molar-refractivity contribution is -0.897. The van der Waals surface area contributed by atoms with Crippen molar-refractivity contribution in [1.29, 1.82) is 0 Å². The molecule has 1 fully saturated rings. The molecular formula is C16H21NO4. The van der Waals surface area contributed by atoms with Crippen LogP contribution in [0.5, 0.6) is 5.75 Å². The SMILES string of the molecule is CCOc1ccccc1C(=O)C[NH+]1CCC(C(=O)[O-])CC1. The molecule has 0 aliphatic carbocycles. The van der Waals surface area contributed by atoms with E-state index in [0.717, 1.165) is 4.90 Å². The molecule has 0 saturated carbocycles. The average molecular weight is 291 g/mol. The third-order valence-corrected chi connectivity index (χ3v) is 3.92. The van der Waals surface area contributed by atoms with Gasteiger partial charge in [-0.1, -0.05) is 12.1 Å². The van der Waals surface area contributed by atoms with E-state index in [1.54, 1.807) is 12.1 Å². The number of Topliss-reactive ketones (excluding diaryl/α,β-unsaturated/α-hetero) is 1. The Morgan fingerprint density at radius 2 is 1.95 bits per heavy atom. The number of carbonyl (C=O) groups excluding carboxylic acids is 2. The first-order chi connectivity index (χ1) is 10.1. The van der Waals surface area contributed by atoms with Crippen molar-refractivity contribution in [3.8, 4) is 5.75 Å². The molecule has 1 saturated heterocycles. The van der Waals surface area contributed by atoms with E-state index in [1.165, 1.54) is 0 Å². The van der Waals surface area contributed by atoms with Crippen molar-refractivity contribution < 1.29 is 24.3 Å². The zero-order valence-electron chi connectivity index (χ0n) is 12.3. The van der Waals surface area contributed by atoms with Gasteiger partial charge in [-0.2, -0.15) is 0 Å². The topological polar surface area (TPSA) is 70.9 Å². The summed E-state index contributed by atoms with van der Waals surface area (Å²) in [6.07, 6.45) is 1.16. The Bertz CT molecular complexity index is 507. The zero-order valence-corrected chi connectivity index (χ0v) is 12.3. The first-order valence-electron chi connectivity index (χ1n) is 7.41. The Kier molecular flexibility index (Phi) is 5.33. The lowest BCUT2D eigenvalue weighted by Crippen LogP contribution is -3.14. The number of piperidine rings is 1. The molecule has 5 nitrogen and oxygen atoms in total. The number of ether oxygens (including phenoxy) is 1. The zero-order chi connectivity index (χ0) is 15.2. The van der Waals surface area contributed by atoms with Crippen LogP contribution in [0.15, 0.2) is 24.3 Å². The van der Waals surface area contributed by atoms with Crippen LogP contribution >= 0.6 is 0 Å². The van der Waals surface area contributed by atoms with Gasteiger partial charge in [0.1, 0.15) is 12.3 Å². The van der Waals surface area contributed by atoms with Crippen LogP contribution in [0.1, 0.15) is 30.1 Å². The van der Waals surface area contributed by atoms with E-state index >= 15 is 0 Å². The van der Waals surface area contributed by atoms with Crippen molar-refractivity contribution in [3.05, 3.63) is 29.8 Å². The fourth-order valence-corrected chi connectivity index (χ4v) is 2.74. The highest BCUT2D eigenvalue weighted by Gasteiger charge is 2.25. The molecule has 0 amide bonds. The summed E-state index contributed by atoms with van der Waals surface area (Å²) in [7, 11) is 0.